The van der Waals surface area contributed by atoms with Crippen LogP contribution >= 0.6 is 0 Å². The summed E-state index contributed by atoms with van der Waals surface area (Å²) >= 11 is 0. The first-order valence-corrected chi connectivity index (χ1v) is 6.64. The summed E-state index contributed by atoms with van der Waals surface area (Å²) in [5.74, 6) is 0. The first-order chi connectivity index (χ1) is 8.75. The van der Waals surface area contributed by atoms with Gasteiger partial charge in [0.05, 0.1) is 6.04 Å². The van der Waals surface area contributed by atoms with Crippen LogP contribution in [-0.2, 0) is 6.42 Å². The highest BCUT2D eigenvalue weighted by molar-refractivity contribution is 5.43. The van der Waals surface area contributed by atoms with E-state index in [4.69, 9.17) is 0 Å². The van der Waals surface area contributed by atoms with Crippen LogP contribution in [0.5, 0.6) is 0 Å². The second kappa shape index (κ2) is 4.58. The molecule has 1 heterocycles. The fourth-order valence-corrected chi connectivity index (χ4v) is 2.86. The molecule has 1 N–H and O–H groups in total. The largest absolute Gasteiger partial charge is 0.306 e. The highest BCUT2D eigenvalue weighted by atomic mass is 14.9. The highest BCUT2D eigenvalue weighted by Gasteiger charge is 2.22. The highest BCUT2D eigenvalue weighted by Crippen LogP contribution is 2.30. The van der Waals surface area contributed by atoms with Crippen LogP contribution in [-0.4, -0.2) is 6.54 Å². The number of fused-ring (bicyclic) bond motifs is 1. The Kier molecular flexibility index (Phi) is 2.92. The molecule has 1 unspecified atom stereocenters. The van der Waals surface area contributed by atoms with E-state index in [1.54, 1.807) is 0 Å². The van der Waals surface area contributed by atoms with Crippen LogP contribution in [0, 0.1) is 13.8 Å². The third-order valence-corrected chi connectivity index (χ3v) is 3.85. The summed E-state index contributed by atoms with van der Waals surface area (Å²) in [4.78, 5) is 0. The van der Waals surface area contributed by atoms with E-state index in [-0.39, 0.29) is 0 Å². The average molecular weight is 237 g/mol. The van der Waals surface area contributed by atoms with E-state index >= 15 is 0 Å². The van der Waals surface area contributed by atoms with Crippen LogP contribution in [0.3, 0.4) is 0 Å². The molecule has 1 heteroatoms. The standard InChI is InChI=1S/C17H19N/c1-12-7-8-14-9-10-18-17(16(14)11-12)15-6-4-3-5-13(15)2/h3-8,11,17-18H,9-10H2,1-2H3. The van der Waals surface area contributed by atoms with Crippen LogP contribution in [0.1, 0.15) is 33.9 Å². The van der Waals surface area contributed by atoms with Gasteiger partial charge in [-0.1, -0.05) is 48.0 Å². The molecule has 3 rings (SSSR count). The van der Waals surface area contributed by atoms with Crippen LogP contribution in [0.15, 0.2) is 42.5 Å². The molecule has 2 aromatic rings. The minimum absolute atomic E-state index is 0.356. The van der Waals surface area contributed by atoms with Crippen molar-refractivity contribution < 1.29 is 0 Å². The maximum absolute atomic E-state index is 3.66. The topological polar surface area (TPSA) is 12.0 Å². The van der Waals surface area contributed by atoms with Gasteiger partial charge in [-0.05, 0) is 42.5 Å². The van der Waals surface area contributed by atoms with Gasteiger partial charge in [0.15, 0.2) is 0 Å². The summed E-state index contributed by atoms with van der Waals surface area (Å²) < 4.78 is 0. The van der Waals surface area contributed by atoms with E-state index in [0.29, 0.717) is 6.04 Å². The van der Waals surface area contributed by atoms with Crippen molar-refractivity contribution in [2.45, 2.75) is 26.3 Å². The van der Waals surface area contributed by atoms with Gasteiger partial charge in [-0.25, -0.2) is 0 Å². The molecule has 0 radical (unpaired) electrons. The van der Waals surface area contributed by atoms with Gasteiger partial charge in [-0.2, -0.15) is 0 Å². The van der Waals surface area contributed by atoms with Crippen molar-refractivity contribution in [3.8, 4) is 0 Å². The minimum atomic E-state index is 0.356. The smallest absolute Gasteiger partial charge is 0.0582 e. The Morgan fingerprint density at radius 2 is 1.83 bits per heavy atom. The Balaban J connectivity index is 2.11. The molecule has 0 fully saturated rings. The molecule has 0 saturated carbocycles. The van der Waals surface area contributed by atoms with Crippen molar-refractivity contribution in [3.63, 3.8) is 0 Å². The monoisotopic (exact) mass is 237 g/mol. The molecule has 1 nitrogen and oxygen atoms in total. The summed E-state index contributed by atoms with van der Waals surface area (Å²) in [5, 5.41) is 3.66. The first-order valence-electron chi connectivity index (χ1n) is 6.64. The molecule has 2 aromatic carbocycles. The van der Waals surface area contributed by atoms with Gasteiger partial charge < -0.3 is 5.32 Å². The zero-order valence-corrected chi connectivity index (χ0v) is 11.0. The van der Waals surface area contributed by atoms with E-state index in [9.17, 15) is 0 Å². The molecule has 0 saturated heterocycles. The van der Waals surface area contributed by atoms with Crippen molar-refractivity contribution in [1.29, 1.82) is 0 Å². The van der Waals surface area contributed by atoms with Gasteiger partial charge in [-0.3, -0.25) is 0 Å². The van der Waals surface area contributed by atoms with E-state index in [2.05, 4.69) is 61.6 Å². The molecule has 0 aromatic heterocycles. The Bertz CT molecular complexity index is 572. The van der Waals surface area contributed by atoms with Crippen molar-refractivity contribution in [1.82, 2.24) is 5.32 Å². The maximum atomic E-state index is 3.66. The second-order valence-corrected chi connectivity index (χ2v) is 5.20. The molecule has 92 valence electrons. The molecular formula is C17H19N. The molecular weight excluding hydrogens is 218 g/mol. The van der Waals surface area contributed by atoms with Gasteiger partial charge in [0.2, 0.25) is 0 Å². The number of benzene rings is 2. The summed E-state index contributed by atoms with van der Waals surface area (Å²) in [7, 11) is 0. The maximum Gasteiger partial charge on any atom is 0.0582 e. The zero-order valence-electron chi connectivity index (χ0n) is 11.0. The van der Waals surface area contributed by atoms with Crippen LogP contribution in [0.4, 0.5) is 0 Å². The number of aryl methyl sites for hydroxylation is 2. The lowest BCUT2D eigenvalue weighted by atomic mass is 9.87. The van der Waals surface area contributed by atoms with Crippen molar-refractivity contribution in [3.05, 3.63) is 70.3 Å². The molecule has 0 amide bonds. The molecule has 0 bridgehead atoms. The summed E-state index contributed by atoms with van der Waals surface area (Å²) in [5.41, 5.74) is 7.06. The number of hydrogen-bond donors (Lipinski definition) is 1. The van der Waals surface area contributed by atoms with Gasteiger partial charge in [0.1, 0.15) is 0 Å². The Morgan fingerprint density at radius 1 is 1.00 bits per heavy atom. The van der Waals surface area contributed by atoms with Crippen molar-refractivity contribution in [2.75, 3.05) is 6.54 Å². The van der Waals surface area contributed by atoms with Gasteiger partial charge in [0.25, 0.3) is 0 Å². The average Bonchev–Trinajstić information content (AvgIpc) is 2.39. The van der Waals surface area contributed by atoms with Crippen molar-refractivity contribution in [2.24, 2.45) is 0 Å². The van der Waals surface area contributed by atoms with E-state index < -0.39 is 0 Å². The number of rotatable bonds is 1. The summed E-state index contributed by atoms with van der Waals surface area (Å²) in [6, 6.07) is 15.9. The summed E-state index contributed by atoms with van der Waals surface area (Å²) in [6.07, 6.45) is 1.14. The second-order valence-electron chi connectivity index (χ2n) is 5.20. The fraction of sp³-hybridized carbons (Fsp3) is 0.294. The first kappa shape index (κ1) is 11.5. The molecule has 0 aliphatic carbocycles. The Labute approximate surface area is 109 Å². The number of hydrogen-bond acceptors (Lipinski definition) is 1. The van der Waals surface area contributed by atoms with Crippen LogP contribution < -0.4 is 5.32 Å². The lowest BCUT2D eigenvalue weighted by molar-refractivity contribution is 0.565. The Morgan fingerprint density at radius 3 is 2.67 bits per heavy atom. The number of nitrogens with one attached hydrogen (secondary N) is 1. The molecule has 18 heavy (non-hydrogen) atoms. The third kappa shape index (κ3) is 1.95. The molecule has 1 atom stereocenters. The van der Waals surface area contributed by atoms with E-state index in [1.807, 2.05) is 0 Å². The predicted molar refractivity (Wildman–Crippen MR) is 75.9 cm³/mol. The SMILES string of the molecule is Cc1ccc2c(c1)C(c1ccccc1C)NCC2. The minimum Gasteiger partial charge on any atom is -0.306 e. The van der Waals surface area contributed by atoms with Gasteiger partial charge in [0, 0.05) is 6.54 Å². The molecule has 1 aliphatic rings. The van der Waals surface area contributed by atoms with E-state index in [1.165, 1.54) is 27.8 Å². The van der Waals surface area contributed by atoms with E-state index in [0.717, 1.165) is 13.0 Å². The third-order valence-electron chi connectivity index (χ3n) is 3.85. The molecule has 0 spiro atoms. The normalized spacial score (nSPS) is 18.4. The van der Waals surface area contributed by atoms with Crippen LogP contribution in [0.25, 0.3) is 0 Å². The van der Waals surface area contributed by atoms with Crippen molar-refractivity contribution >= 4 is 0 Å². The lowest BCUT2D eigenvalue weighted by Crippen LogP contribution is -2.31. The molecule has 1 aliphatic heterocycles. The zero-order chi connectivity index (χ0) is 12.5. The predicted octanol–water partition coefficient (Wildman–Crippen LogP) is 3.54. The lowest BCUT2D eigenvalue weighted by Gasteiger charge is -2.28. The Hall–Kier alpha value is -1.60. The fourth-order valence-electron chi connectivity index (χ4n) is 2.86. The van der Waals surface area contributed by atoms with Crippen LogP contribution in [0.2, 0.25) is 0 Å². The van der Waals surface area contributed by atoms with Gasteiger partial charge >= 0.3 is 0 Å². The van der Waals surface area contributed by atoms with Gasteiger partial charge in [-0.15, -0.1) is 0 Å². The quantitative estimate of drug-likeness (QED) is 0.800. The summed E-state index contributed by atoms with van der Waals surface area (Å²) in [6.45, 7) is 5.43.